The molecule has 3 heteroatoms. The first-order valence-corrected chi connectivity index (χ1v) is 7.65. The fraction of sp³-hybridized carbons (Fsp3) is 0.800. The van der Waals surface area contributed by atoms with Gasteiger partial charge in [-0.25, -0.2) is 4.98 Å². The number of hydrogen-bond acceptors (Lipinski definition) is 2. The van der Waals surface area contributed by atoms with Crippen molar-refractivity contribution >= 4 is 0 Å². The molecule has 0 saturated carbocycles. The Morgan fingerprint density at radius 2 is 2.06 bits per heavy atom. The van der Waals surface area contributed by atoms with E-state index in [1.807, 2.05) is 6.33 Å². The van der Waals surface area contributed by atoms with Gasteiger partial charge in [-0.3, -0.25) is 0 Å². The number of imidazole rings is 1. The summed E-state index contributed by atoms with van der Waals surface area (Å²) in [6.45, 7) is 5.58. The Morgan fingerprint density at radius 3 is 2.94 bits per heavy atom. The van der Waals surface area contributed by atoms with Crippen molar-refractivity contribution in [1.82, 2.24) is 14.9 Å². The van der Waals surface area contributed by atoms with Crippen molar-refractivity contribution < 1.29 is 0 Å². The molecule has 1 aromatic heterocycles. The van der Waals surface area contributed by atoms with Crippen LogP contribution >= 0.6 is 0 Å². The molecule has 18 heavy (non-hydrogen) atoms. The van der Waals surface area contributed by atoms with Gasteiger partial charge in [-0.2, -0.15) is 0 Å². The van der Waals surface area contributed by atoms with Gasteiger partial charge in [0.15, 0.2) is 0 Å². The van der Waals surface area contributed by atoms with E-state index in [4.69, 9.17) is 0 Å². The van der Waals surface area contributed by atoms with Crippen LogP contribution in [0.15, 0.2) is 6.33 Å². The first kappa shape index (κ1) is 13.6. The molecule has 1 aliphatic carbocycles. The predicted octanol–water partition coefficient (Wildman–Crippen LogP) is 2.93. The Bertz CT molecular complexity index is 344. The van der Waals surface area contributed by atoms with E-state index in [0.717, 1.165) is 19.6 Å². The predicted molar refractivity (Wildman–Crippen MR) is 75.9 cm³/mol. The minimum atomic E-state index is 1.08. The van der Waals surface area contributed by atoms with Crippen molar-refractivity contribution in [3.05, 3.63) is 17.7 Å². The van der Waals surface area contributed by atoms with Crippen LogP contribution in [0.2, 0.25) is 0 Å². The largest absolute Gasteiger partial charge is 0.333 e. The number of rotatable bonds is 8. The second-order valence-electron chi connectivity index (χ2n) is 5.35. The van der Waals surface area contributed by atoms with Crippen molar-refractivity contribution in [3.8, 4) is 0 Å². The third kappa shape index (κ3) is 3.84. The van der Waals surface area contributed by atoms with Crippen molar-refractivity contribution in [2.24, 2.45) is 0 Å². The molecule has 0 fully saturated rings. The summed E-state index contributed by atoms with van der Waals surface area (Å²) in [6, 6.07) is 0. The lowest BCUT2D eigenvalue weighted by molar-refractivity contribution is 0.543. The Labute approximate surface area is 111 Å². The molecule has 0 atom stereocenters. The van der Waals surface area contributed by atoms with Crippen LogP contribution in [0.4, 0.5) is 0 Å². The van der Waals surface area contributed by atoms with E-state index in [0.29, 0.717) is 0 Å². The molecular weight excluding hydrogens is 222 g/mol. The molecule has 2 rings (SSSR count). The zero-order valence-electron chi connectivity index (χ0n) is 11.7. The zero-order chi connectivity index (χ0) is 12.6. The molecular formula is C15H27N3. The highest BCUT2D eigenvalue weighted by Crippen LogP contribution is 2.19. The Balaban J connectivity index is 1.63. The Hall–Kier alpha value is -0.830. The number of fused-ring (bicyclic) bond motifs is 1. The van der Waals surface area contributed by atoms with Crippen molar-refractivity contribution in [2.75, 3.05) is 13.1 Å². The van der Waals surface area contributed by atoms with Gasteiger partial charge in [0.2, 0.25) is 0 Å². The highest BCUT2D eigenvalue weighted by molar-refractivity contribution is 5.16. The maximum atomic E-state index is 4.53. The Kier molecular flexibility index (Phi) is 5.72. The Morgan fingerprint density at radius 1 is 1.17 bits per heavy atom. The van der Waals surface area contributed by atoms with Gasteiger partial charge in [0.1, 0.15) is 0 Å². The van der Waals surface area contributed by atoms with Crippen molar-refractivity contribution in [3.63, 3.8) is 0 Å². The van der Waals surface area contributed by atoms with Crippen LogP contribution < -0.4 is 5.32 Å². The molecule has 0 unspecified atom stereocenters. The smallest absolute Gasteiger partial charge is 0.0952 e. The van der Waals surface area contributed by atoms with E-state index in [9.17, 15) is 0 Å². The van der Waals surface area contributed by atoms with E-state index in [1.165, 1.54) is 62.8 Å². The average Bonchev–Trinajstić information content (AvgIpc) is 2.81. The van der Waals surface area contributed by atoms with Gasteiger partial charge in [0, 0.05) is 18.8 Å². The van der Waals surface area contributed by atoms with Gasteiger partial charge in [-0.05, 0) is 38.6 Å². The second kappa shape index (κ2) is 7.57. The lowest BCUT2D eigenvalue weighted by atomic mass is 10.0. The molecule has 0 amide bonds. The third-order valence-electron chi connectivity index (χ3n) is 3.85. The second-order valence-corrected chi connectivity index (χ2v) is 5.35. The van der Waals surface area contributed by atoms with E-state index >= 15 is 0 Å². The minimum absolute atomic E-state index is 1.08. The molecule has 1 aliphatic rings. The number of aryl methyl sites for hydroxylation is 1. The number of unbranched alkanes of at least 4 members (excludes halogenated alkanes) is 3. The molecule has 1 aromatic rings. The highest BCUT2D eigenvalue weighted by Gasteiger charge is 2.14. The summed E-state index contributed by atoms with van der Waals surface area (Å²) < 4.78 is 2.35. The SMILES string of the molecule is CCCCCCNCCn1cnc2c1CCCC2. The summed E-state index contributed by atoms with van der Waals surface area (Å²) in [5.74, 6) is 0. The van der Waals surface area contributed by atoms with Crippen LogP contribution in [-0.2, 0) is 19.4 Å². The van der Waals surface area contributed by atoms with Gasteiger partial charge >= 0.3 is 0 Å². The van der Waals surface area contributed by atoms with Gasteiger partial charge in [0.05, 0.1) is 12.0 Å². The van der Waals surface area contributed by atoms with Crippen LogP contribution in [0.5, 0.6) is 0 Å². The first-order chi connectivity index (χ1) is 8.92. The fourth-order valence-corrected chi connectivity index (χ4v) is 2.72. The summed E-state index contributed by atoms with van der Waals surface area (Å²) in [5, 5.41) is 3.54. The van der Waals surface area contributed by atoms with Crippen LogP contribution in [0.1, 0.15) is 56.8 Å². The van der Waals surface area contributed by atoms with Gasteiger partial charge in [-0.1, -0.05) is 26.2 Å². The lowest BCUT2D eigenvalue weighted by Crippen LogP contribution is -2.22. The average molecular weight is 249 g/mol. The quantitative estimate of drug-likeness (QED) is 0.718. The molecule has 0 bridgehead atoms. The molecule has 0 aromatic carbocycles. The summed E-state index contributed by atoms with van der Waals surface area (Å²) >= 11 is 0. The molecule has 0 aliphatic heterocycles. The summed E-state index contributed by atoms with van der Waals surface area (Å²) in [5.41, 5.74) is 2.85. The van der Waals surface area contributed by atoms with E-state index in [2.05, 4.69) is 21.8 Å². The first-order valence-electron chi connectivity index (χ1n) is 7.65. The van der Waals surface area contributed by atoms with Crippen LogP contribution in [0, 0.1) is 0 Å². The van der Waals surface area contributed by atoms with Crippen molar-refractivity contribution in [1.29, 1.82) is 0 Å². The van der Waals surface area contributed by atoms with Gasteiger partial charge in [-0.15, -0.1) is 0 Å². The fourth-order valence-electron chi connectivity index (χ4n) is 2.72. The minimum Gasteiger partial charge on any atom is -0.333 e. The van der Waals surface area contributed by atoms with E-state index in [1.54, 1.807) is 0 Å². The number of hydrogen-bond donors (Lipinski definition) is 1. The molecule has 0 saturated heterocycles. The summed E-state index contributed by atoms with van der Waals surface area (Å²) in [7, 11) is 0. The van der Waals surface area contributed by atoms with Crippen LogP contribution in [0.25, 0.3) is 0 Å². The number of aromatic nitrogens is 2. The van der Waals surface area contributed by atoms with Crippen molar-refractivity contribution in [2.45, 2.75) is 64.8 Å². The standard InChI is InChI=1S/C15H27N3/c1-2-3-4-7-10-16-11-12-18-13-17-14-8-5-6-9-15(14)18/h13,16H,2-12H2,1H3. The van der Waals surface area contributed by atoms with E-state index < -0.39 is 0 Å². The molecule has 3 nitrogen and oxygen atoms in total. The normalized spacial score (nSPS) is 14.7. The molecule has 1 N–H and O–H groups in total. The molecule has 0 radical (unpaired) electrons. The lowest BCUT2D eigenvalue weighted by Gasteiger charge is -2.14. The molecule has 102 valence electrons. The third-order valence-corrected chi connectivity index (χ3v) is 3.85. The highest BCUT2D eigenvalue weighted by atomic mass is 15.1. The van der Waals surface area contributed by atoms with Crippen LogP contribution in [0.3, 0.4) is 0 Å². The molecule has 1 heterocycles. The van der Waals surface area contributed by atoms with E-state index in [-0.39, 0.29) is 0 Å². The summed E-state index contributed by atoms with van der Waals surface area (Å²) in [4.78, 5) is 4.53. The molecule has 0 spiro atoms. The van der Waals surface area contributed by atoms with Gasteiger partial charge < -0.3 is 9.88 Å². The monoisotopic (exact) mass is 249 g/mol. The van der Waals surface area contributed by atoms with Crippen LogP contribution in [-0.4, -0.2) is 22.6 Å². The van der Waals surface area contributed by atoms with Gasteiger partial charge in [0.25, 0.3) is 0 Å². The zero-order valence-corrected chi connectivity index (χ0v) is 11.7. The summed E-state index contributed by atoms with van der Waals surface area (Å²) in [6.07, 6.45) is 12.5. The maximum absolute atomic E-state index is 4.53. The number of nitrogens with zero attached hydrogens (tertiary/aromatic N) is 2. The topological polar surface area (TPSA) is 29.9 Å². The number of nitrogens with one attached hydrogen (secondary N) is 1. The maximum Gasteiger partial charge on any atom is 0.0952 e.